The minimum absolute atomic E-state index is 0.0270. The fraction of sp³-hybridized carbons (Fsp3) is 0.269. The molecule has 2 aromatic carbocycles. The van der Waals surface area contributed by atoms with Crippen LogP contribution in [0.1, 0.15) is 17.5 Å². The molecule has 0 saturated heterocycles. The molecule has 224 valence electrons. The van der Waals surface area contributed by atoms with Crippen molar-refractivity contribution in [2.24, 2.45) is 0 Å². The number of urea groups is 1. The molecule has 0 saturated carbocycles. The molecule has 2 N–H and O–H groups in total. The van der Waals surface area contributed by atoms with Gasteiger partial charge in [0.05, 0.1) is 0 Å². The molecule has 4 rings (SSSR count). The molecule has 1 aliphatic heterocycles. The van der Waals surface area contributed by atoms with E-state index in [0.29, 0.717) is 18.1 Å². The normalized spacial score (nSPS) is 13.7. The first-order valence-electron chi connectivity index (χ1n) is 12.3. The molecule has 3 aromatic rings. The van der Waals surface area contributed by atoms with Crippen molar-refractivity contribution in [3.63, 3.8) is 0 Å². The summed E-state index contributed by atoms with van der Waals surface area (Å²) in [5, 5.41) is 2.28. The van der Waals surface area contributed by atoms with Crippen molar-refractivity contribution in [3.05, 3.63) is 83.6 Å². The van der Waals surface area contributed by atoms with Crippen molar-refractivity contribution in [3.8, 4) is 5.75 Å². The first-order valence-corrected chi connectivity index (χ1v) is 13.8. The zero-order chi connectivity index (χ0) is 30.7. The Kier molecular flexibility index (Phi) is 8.84. The highest BCUT2D eigenvalue weighted by Gasteiger charge is 2.34. The van der Waals surface area contributed by atoms with Gasteiger partial charge in [-0.1, -0.05) is 6.07 Å². The van der Waals surface area contributed by atoms with Crippen LogP contribution in [0.25, 0.3) is 0 Å². The maximum absolute atomic E-state index is 13.7. The Hall–Kier alpha value is -4.47. The number of carbonyl (C=O) groups excluding carboxylic acids is 2. The molecule has 1 aromatic heterocycles. The lowest BCUT2D eigenvalue weighted by Gasteiger charge is -2.26. The Labute approximate surface area is 237 Å². The van der Waals surface area contributed by atoms with Crippen molar-refractivity contribution in [2.75, 3.05) is 22.8 Å². The molecule has 3 amide bonds. The number of rotatable bonds is 9. The maximum Gasteiger partial charge on any atom is 0.573 e. The lowest BCUT2D eigenvalue weighted by atomic mass is 10.0. The lowest BCUT2D eigenvalue weighted by Crippen LogP contribution is -2.54. The average Bonchev–Trinajstić information content (AvgIpc) is 3.34. The van der Waals surface area contributed by atoms with E-state index in [-0.39, 0.29) is 36.5 Å². The number of amides is 3. The van der Waals surface area contributed by atoms with E-state index < -0.39 is 51.9 Å². The number of likely N-dealkylation sites (N-methyl/N-ethyl adjacent to an activating group) is 1. The second-order valence-corrected chi connectivity index (χ2v) is 10.8. The van der Waals surface area contributed by atoms with Crippen LogP contribution < -0.4 is 24.0 Å². The zero-order valence-corrected chi connectivity index (χ0v) is 22.7. The van der Waals surface area contributed by atoms with Crippen molar-refractivity contribution in [1.82, 2.24) is 15.0 Å². The van der Waals surface area contributed by atoms with E-state index in [2.05, 4.69) is 15.0 Å². The molecule has 1 aliphatic rings. The summed E-state index contributed by atoms with van der Waals surface area (Å²) in [6.07, 6.45) is -3.48. The third-order valence-electron chi connectivity index (χ3n) is 6.24. The highest BCUT2D eigenvalue weighted by Crippen LogP contribution is 2.27. The molecular formula is C26H24F5N5O5S. The number of hydrogen-bond donors (Lipinski definition) is 2. The average molecular weight is 614 g/mol. The number of pyridine rings is 1. The van der Waals surface area contributed by atoms with Gasteiger partial charge in [-0.05, 0) is 72.9 Å². The predicted octanol–water partition coefficient (Wildman–Crippen LogP) is 3.83. The summed E-state index contributed by atoms with van der Waals surface area (Å²) in [7, 11) is -3.16. The van der Waals surface area contributed by atoms with Gasteiger partial charge < -0.3 is 15.0 Å². The van der Waals surface area contributed by atoms with Crippen LogP contribution in [0.15, 0.2) is 60.8 Å². The van der Waals surface area contributed by atoms with Crippen LogP contribution >= 0.6 is 0 Å². The quantitative estimate of drug-likeness (QED) is 0.354. The summed E-state index contributed by atoms with van der Waals surface area (Å²) in [6.45, 7) is 0.0270. The lowest BCUT2D eigenvalue weighted by molar-refractivity contribution is -0.274. The number of anilines is 2. The van der Waals surface area contributed by atoms with Gasteiger partial charge in [0, 0.05) is 31.5 Å². The molecular weight excluding hydrogens is 589 g/mol. The molecule has 0 aliphatic carbocycles. The second-order valence-electron chi connectivity index (χ2n) is 9.20. The highest BCUT2D eigenvalue weighted by atomic mass is 32.2. The van der Waals surface area contributed by atoms with Gasteiger partial charge >= 0.3 is 22.6 Å². The van der Waals surface area contributed by atoms with E-state index in [1.165, 1.54) is 25.4 Å². The highest BCUT2D eigenvalue weighted by molar-refractivity contribution is 7.91. The minimum atomic E-state index is -4.92. The number of carbonyl (C=O) groups is 2. The van der Waals surface area contributed by atoms with E-state index in [4.69, 9.17) is 0 Å². The van der Waals surface area contributed by atoms with Gasteiger partial charge in [0.2, 0.25) is 5.91 Å². The van der Waals surface area contributed by atoms with Crippen LogP contribution in [0.3, 0.4) is 0 Å². The van der Waals surface area contributed by atoms with Crippen molar-refractivity contribution < 1.29 is 44.7 Å². The Balaban J connectivity index is 1.51. The molecule has 1 atom stereocenters. The SMILES string of the molecule is CN(C(=O)[C@H](CCc1cc(F)cc(F)c1)NC(=O)NS(=O)(=O)N1CCc2cccnc21)c1ccc(OC(F)(F)F)cc1. The summed E-state index contributed by atoms with van der Waals surface area (Å²) in [4.78, 5) is 31.3. The monoisotopic (exact) mass is 613 g/mol. The smallest absolute Gasteiger partial charge is 0.406 e. The number of hydrogen-bond acceptors (Lipinski definition) is 6. The molecule has 10 nitrogen and oxygen atoms in total. The molecule has 0 unspecified atom stereocenters. The first kappa shape index (κ1) is 30.5. The van der Waals surface area contributed by atoms with Gasteiger partial charge in [-0.25, -0.2) is 27.6 Å². The Morgan fingerprint density at radius 3 is 2.40 bits per heavy atom. The molecule has 42 heavy (non-hydrogen) atoms. The third kappa shape index (κ3) is 7.63. The summed E-state index contributed by atoms with van der Waals surface area (Å²) in [5.41, 5.74) is 0.939. The molecule has 0 spiro atoms. The Bertz CT molecular complexity index is 1550. The largest absolute Gasteiger partial charge is 0.573 e. The van der Waals surface area contributed by atoms with Crippen LogP contribution in [0.5, 0.6) is 5.75 Å². The van der Waals surface area contributed by atoms with E-state index in [9.17, 15) is 40.0 Å². The van der Waals surface area contributed by atoms with Gasteiger partial charge in [-0.2, -0.15) is 8.42 Å². The van der Waals surface area contributed by atoms with Crippen molar-refractivity contribution >= 4 is 33.7 Å². The standard InChI is InChI=1S/C26H24F5N5O5S/c1-35(20-5-7-21(8-6-20)41-26(29,30)31)24(37)22(9-4-16-13-18(27)15-19(28)14-16)33-25(38)34-42(39,40)36-12-10-17-3-2-11-32-23(17)36/h2-3,5-8,11,13-15,22H,4,9-10,12H2,1H3,(H2,33,34,38)/t22-/m0/s1. The fourth-order valence-corrected chi connectivity index (χ4v) is 5.46. The van der Waals surface area contributed by atoms with Crippen LogP contribution in [0.4, 0.5) is 38.3 Å². The van der Waals surface area contributed by atoms with Gasteiger partial charge in [-0.3, -0.25) is 4.79 Å². The number of halogens is 5. The van der Waals surface area contributed by atoms with Gasteiger partial charge in [0.1, 0.15) is 29.2 Å². The van der Waals surface area contributed by atoms with Crippen molar-refractivity contribution in [2.45, 2.75) is 31.7 Å². The third-order valence-corrected chi connectivity index (χ3v) is 7.61. The molecule has 0 bridgehead atoms. The predicted molar refractivity (Wildman–Crippen MR) is 141 cm³/mol. The number of aromatic nitrogens is 1. The van der Waals surface area contributed by atoms with Crippen LogP contribution in [0.2, 0.25) is 0 Å². The number of fused-ring (bicyclic) bond motifs is 1. The Morgan fingerprint density at radius 1 is 1.10 bits per heavy atom. The van der Waals surface area contributed by atoms with Crippen LogP contribution in [0, 0.1) is 11.6 Å². The van der Waals surface area contributed by atoms with E-state index in [1.807, 2.05) is 4.72 Å². The Morgan fingerprint density at radius 2 is 1.76 bits per heavy atom. The van der Waals surface area contributed by atoms with Crippen LogP contribution in [-0.4, -0.2) is 51.3 Å². The number of nitrogens with zero attached hydrogens (tertiary/aromatic N) is 3. The number of aryl methyl sites for hydroxylation is 1. The van der Waals surface area contributed by atoms with Gasteiger partial charge in [0.25, 0.3) is 0 Å². The number of nitrogens with one attached hydrogen (secondary N) is 2. The van der Waals surface area contributed by atoms with Crippen molar-refractivity contribution in [1.29, 1.82) is 0 Å². The maximum atomic E-state index is 13.7. The van der Waals surface area contributed by atoms with E-state index >= 15 is 0 Å². The minimum Gasteiger partial charge on any atom is -0.406 e. The second kappa shape index (κ2) is 12.2. The van der Waals surface area contributed by atoms with Crippen LogP contribution in [-0.2, 0) is 27.8 Å². The molecule has 16 heteroatoms. The summed E-state index contributed by atoms with van der Waals surface area (Å²) in [5.74, 6) is -2.89. The number of alkyl halides is 3. The molecule has 2 heterocycles. The summed E-state index contributed by atoms with van der Waals surface area (Å²) in [6, 6.07) is 7.68. The van der Waals surface area contributed by atoms with E-state index in [1.54, 1.807) is 12.1 Å². The number of benzene rings is 2. The van der Waals surface area contributed by atoms with Gasteiger partial charge in [-0.15, -0.1) is 13.2 Å². The summed E-state index contributed by atoms with van der Waals surface area (Å²) >= 11 is 0. The molecule has 0 fully saturated rings. The molecule has 0 radical (unpaired) electrons. The van der Waals surface area contributed by atoms with E-state index in [0.717, 1.165) is 33.5 Å². The fourth-order valence-electron chi connectivity index (χ4n) is 4.33. The first-order chi connectivity index (χ1) is 19.7. The summed E-state index contributed by atoms with van der Waals surface area (Å²) < 4.78 is 97.3. The topological polar surface area (TPSA) is 121 Å². The van der Waals surface area contributed by atoms with Gasteiger partial charge in [0.15, 0.2) is 0 Å². The zero-order valence-electron chi connectivity index (χ0n) is 21.9. The number of ether oxygens (including phenoxy) is 1.